The van der Waals surface area contributed by atoms with Crippen LogP contribution in [0.5, 0.6) is 5.75 Å². The zero-order valence-electron chi connectivity index (χ0n) is 16.4. The third-order valence-electron chi connectivity index (χ3n) is 4.16. The minimum absolute atomic E-state index is 0.0356. The molecule has 0 saturated heterocycles. The van der Waals surface area contributed by atoms with Crippen molar-refractivity contribution in [3.63, 3.8) is 0 Å². The number of ether oxygens (including phenoxy) is 1. The Bertz CT molecular complexity index is 836. The second-order valence-electron chi connectivity index (χ2n) is 6.65. The van der Waals surface area contributed by atoms with Crippen molar-refractivity contribution in [1.82, 2.24) is 10.0 Å². The minimum atomic E-state index is -3.50. The maximum atomic E-state index is 12.0. The van der Waals surface area contributed by atoms with Gasteiger partial charge < -0.3 is 10.1 Å². The van der Waals surface area contributed by atoms with E-state index in [1.54, 1.807) is 12.1 Å². The number of hydrogen-bond acceptors (Lipinski definition) is 4. The van der Waals surface area contributed by atoms with Gasteiger partial charge in [0.1, 0.15) is 5.75 Å². The molecule has 7 heteroatoms. The predicted octanol–water partition coefficient (Wildman–Crippen LogP) is 2.89. The molecule has 6 nitrogen and oxygen atoms in total. The van der Waals surface area contributed by atoms with Gasteiger partial charge in [0.2, 0.25) is 10.0 Å². The lowest BCUT2D eigenvalue weighted by Crippen LogP contribution is -2.36. The normalized spacial score (nSPS) is 12.4. The molecule has 0 radical (unpaired) electrons. The molecular weight excluding hydrogens is 376 g/mol. The van der Waals surface area contributed by atoms with Crippen LogP contribution in [0.4, 0.5) is 0 Å². The number of aryl methyl sites for hydroxylation is 1. The van der Waals surface area contributed by atoms with Crippen LogP contribution in [0.25, 0.3) is 0 Å². The van der Waals surface area contributed by atoms with E-state index in [0.717, 1.165) is 19.3 Å². The average Bonchev–Trinajstić information content (AvgIpc) is 2.70. The van der Waals surface area contributed by atoms with Crippen LogP contribution in [0.3, 0.4) is 0 Å². The highest BCUT2D eigenvalue weighted by molar-refractivity contribution is 7.89. The number of benzene rings is 2. The highest BCUT2D eigenvalue weighted by Gasteiger charge is 2.13. The van der Waals surface area contributed by atoms with Crippen LogP contribution in [0.1, 0.15) is 32.3 Å². The largest absolute Gasteiger partial charge is 0.484 e. The summed E-state index contributed by atoms with van der Waals surface area (Å²) in [5, 5.41) is 2.91. The Labute approximate surface area is 167 Å². The molecule has 28 heavy (non-hydrogen) atoms. The molecule has 0 unspecified atom stereocenters. The fourth-order valence-corrected chi connectivity index (χ4v) is 3.73. The molecule has 0 bridgehead atoms. The fraction of sp³-hybridized carbons (Fsp3) is 0.381. The number of sulfonamides is 1. The predicted molar refractivity (Wildman–Crippen MR) is 110 cm³/mol. The maximum Gasteiger partial charge on any atom is 0.258 e. The molecule has 2 rings (SSSR count). The summed E-state index contributed by atoms with van der Waals surface area (Å²) in [5.74, 6) is 0.239. The van der Waals surface area contributed by atoms with E-state index in [2.05, 4.69) is 22.2 Å². The third kappa shape index (κ3) is 7.32. The molecule has 0 aliphatic carbocycles. The van der Waals surface area contributed by atoms with Crippen molar-refractivity contribution in [2.45, 2.75) is 44.0 Å². The molecule has 2 aromatic carbocycles. The van der Waals surface area contributed by atoms with E-state index in [1.807, 2.05) is 32.0 Å². The van der Waals surface area contributed by atoms with Gasteiger partial charge in [-0.1, -0.05) is 37.3 Å². The molecule has 1 atom stereocenters. The molecule has 0 spiro atoms. The molecule has 0 aromatic heterocycles. The SMILES string of the molecule is CCCNS(=O)(=O)c1ccc(OCC(=O)N[C@H](C)CCc2ccccc2)cc1. The molecule has 1 amide bonds. The fourth-order valence-electron chi connectivity index (χ4n) is 2.60. The lowest BCUT2D eigenvalue weighted by atomic mass is 10.1. The molecule has 0 fully saturated rings. The van der Waals surface area contributed by atoms with E-state index in [4.69, 9.17) is 4.74 Å². The average molecular weight is 405 g/mol. The third-order valence-corrected chi connectivity index (χ3v) is 5.64. The zero-order chi connectivity index (χ0) is 20.4. The van der Waals surface area contributed by atoms with Gasteiger partial charge in [-0.2, -0.15) is 0 Å². The Balaban J connectivity index is 1.76. The van der Waals surface area contributed by atoms with Crippen LogP contribution in [-0.2, 0) is 21.2 Å². The summed E-state index contributed by atoms with van der Waals surface area (Å²) in [6, 6.07) is 16.2. The highest BCUT2D eigenvalue weighted by Crippen LogP contribution is 2.16. The highest BCUT2D eigenvalue weighted by atomic mass is 32.2. The monoisotopic (exact) mass is 404 g/mol. The van der Waals surface area contributed by atoms with Crippen LogP contribution in [-0.4, -0.2) is 33.5 Å². The van der Waals surface area contributed by atoms with Crippen LogP contribution < -0.4 is 14.8 Å². The number of carbonyl (C=O) groups excluding carboxylic acids is 1. The van der Waals surface area contributed by atoms with Crippen LogP contribution >= 0.6 is 0 Å². The van der Waals surface area contributed by atoms with Crippen LogP contribution in [0, 0.1) is 0 Å². The summed E-state index contributed by atoms with van der Waals surface area (Å²) in [4.78, 5) is 12.2. The van der Waals surface area contributed by atoms with Crippen molar-refractivity contribution >= 4 is 15.9 Å². The summed E-state index contributed by atoms with van der Waals surface area (Å²) in [6.45, 7) is 4.13. The van der Waals surface area contributed by atoms with Gasteiger partial charge in [-0.05, 0) is 56.0 Å². The smallest absolute Gasteiger partial charge is 0.258 e. The number of amides is 1. The molecular formula is C21H28N2O4S. The summed E-state index contributed by atoms with van der Waals surface area (Å²) in [6.07, 6.45) is 2.46. The molecule has 0 aliphatic heterocycles. The first-order valence-electron chi connectivity index (χ1n) is 9.46. The second kappa shape index (κ2) is 10.8. The Morgan fingerprint density at radius 2 is 1.75 bits per heavy atom. The molecule has 0 heterocycles. The first-order valence-corrected chi connectivity index (χ1v) is 10.9. The minimum Gasteiger partial charge on any atom is -0.484 e. The quantitative estimate of drug-likeness (QED) is 0.603. The first-order chi connectivity index (χ1) is 13.4. The van der Waals surface area contributed by atoms with E-state index in [0.29, 0.717) is 12.3 Å². The maximum absolute atomic E-state index is 12.0. The zero-order valence-corrected chi connectivity index (χ0v) is 17.2. The van der Waals surface area contributed by atoms with Gasteiger partial charge in [0.15, 0.2) is 6.61 Å². The Hall–Kier alpha value is -2.38. The van der Waals surface area contributed by atoms with Crippen LogP contribution in [0.2, 0.25) is 0 Å². The summed E-state index contributed by atoms with van der Waals surface area (Å²) < 4.78 is 32.0. The van der Waals surface area contributed by atoms with Gasteiger partial charge in [0.05, 0.1) is 4.90 Å². The van der Waals surface area contributed by atoms with Crippen molar-refractivity contribution in [2.24, 2.45) is 0 Å². The standard InChI is InChI=1S/C21H28N2O4S/c1-3-15-22-28(25,26)20-13-11-19(12-14-20)27-16-21(24)23-17(2)9-10-18-7-5-4-6-8-18/h4-8,11-14,17,22H,3,9-10,15-16H2,1-2H3,(H,23,24)/t17-/m1/s1. The van der Waals surface area contributed by atoms with Gasteiger partial charge in [0.25, 0.3) is 5.91 Å². The van der Waals surface area contributed by atoms with Crippen LogP contribution in [0.15, 0.2) is 59.5 Å². The van der Waals surface area contributed by atoms with Crippen molar-refractivity contribution in [2.75, 3.05) is 13.2 Å². The number of rotatable bonds is 11. The lowest BCUT2D eigenvalue weighted by Gasteiger charge is -2.14. The molecule has 0 aliphatic rings. The van der Waals surface area contributed by atoms with E-state index in [1.165, 1.54) is 17.7 Å². The van der Waals surface area contributed by atoms with E-state index < -0.39 is 10.0 Å². The summed E-state index contributed by atoms with van der Waals surface area (Å²) in [7, 11) is -3.50. The van der Waals surface area contributed by atoms with Crippen molar-refractivity contribution in [1.29, 1.82) is 0 Å². The van der Waals surface area contributed by atoms with Gasteiger partial charge in [-0.3, -0.25) is 4.79 Å². The van der Waals surface area contributed by atoms with E-state index in [9.17, 15) is 13.2 Å². The number of nitrogens with one attached hydrogen (secondary N) is 2. The summed E-state index contributed by atoms with van der Waals surface area (Å²) in [5.41, 5.74) is 1.24. The number of hydrogen-bond donors (Lipinski definition) is 2. The molecule has 0 saturated carbocycles. The van der Waals surface area contributed by atoms with Crippen molar-refractivity contribution < 1.29 is 17.9 Å². The lowest BCUT2D eigenvalue weighted by molar-refractivity contribution is -0.123. The van der Waals surface area contributed by atoms with Gasteiger partial charge in [-0.25, -0.2) is 13.1 Å². The van der Waals surface area contributed by atoms with Gasteiger partial charge in [0, 0.05) is 12.6 Å². The molecule has 152 valence electrons. The topological polar surface area (TPSA) is 84.5 Å². The first kappa shape index (κ1) is 21.9. The summed E-state index contributed by atoms with van der Waals surface area (Å²) >= 11 is 0. The van der Waals surface area contributed by atoms with Crippen molar-refractivity contribution in [3.05, 3.63) is 60.2 Å². The van der Waals surface area contributed by atoms with Gasteiger partial charge >= 0.3 is 0 Å². The molecule has 2 aromatic rings. The Kier molecular flexibility index (Phi) is 8.47. The number of carbonyl (C=O) groups is 1. The van der Waals surface area contributed by atoms with Gasteiger partial charge in [-0.15, -0.1) is 0 Å². The second-order valence-corrected chi connectivity index (χ2v) is 8.42. The van der Waals surface area contributed by atoms with E-state index >= 15 is 0 Å². The molecule has 2 N–H and O–H groups in total. The van der Waals surface area contributed by atoms with Crippen molar-refractivity contribution in [3.8, 4) is 5.75 Å². The van der Waals surface area contributed by atoms with E-state index in [-0.39, 0.29) is 23.5 Å². The Morgan fingerprint density at radius 1 is 1.07 bits per heavy atom. The Morgan fingerprint density at radius 3 is 2.39 bits per heavy atom.